The standard InChI is InChI=1S/C58H40N4O/c1-37-34-42(57-60-55(39-20-6-3-7-21-39)59-56(61-57)40-22-8-4-9-23-40)35-38(2)53(37)62-49-31-17-15-29-46(49)58(43-25-10-5-11-26-43,47-30-16-18-32-50(47)62)48-36-41-24-12-13-27-44(41)52-45-28-14-19-33-51(45)63-54(48)52/h3-36H,1-2H3. The fourth-order valence-corrected chi connectivity index (χ4v) is 10.2. The quantitative estimate of drug-likeness (QED) is 0.167. The maximum atomic E-state index is 7.07. The lowest BCUT2D eigenvalue weighted by Crippen LogP contribution is -2.38. The van der Waals surface area contributed by atoms with Crippen LogP contribution in [0.15, 0.2) is 211 Å². The highest BCUT2D eigenvalue weighted by atomic mass is 16.3. The highest BCUT2D eigenvalue weighted by Crippen LogP contribution is 2.60. The highest BCUT2D eigenvalue weighted by Gasteiger charge is 2.48. The summed E-state index contributed by atoms with van der Waals surface area (Å²) in [6, 6.07) is 73.1. The fraction of sp³-hybridized carbons (Fsp3) is 0.0517. The Morgan fingerprint density at radius 3 is 1.51 bits per heavy atom. The zero-order chi connectivity index (χ0) is 42.1. The van der Waals surface area contributed by atoms with Crippen LogP contribution in [-0.2, 0) is 5.41 Å². The number of hydrogen-bond donors (Lipinski definition) is 0. The predicted molar refractivity (Wildman–Crippen MR) is 257 cm³/mol. The van der Waals surface area contributed by atoms with Crippen LogP contribution >= 0.6 is 0 Å². The van der Waals surface area contributed by atoms with Crippen LogP contribution in [0, 0.1) is 13.8 Å². The van der Waals surface area contributed by atoms with E-state index in [1.807, 2.05) is 60.7 Å². The van der Waals surface area contributed by atoms with Crippen molar-refractivity contribution in [3.8, 4) is 34.2 Å². The zero-order valence-electron chi connectivity index (χ0n) is 34.8. The molecule has 0 spiro atoms. The Hall–Kier alpha value is -8.15. The molecule has 0 saturated heterocycles. The molecule has 0 bridgehead atoms. The van der Waals surface area contributed by atoms with Crippen molar-refractivity contribution < 1.29 is 4.42 Å². The van der Waals surface area contributed by atoms with Gasteiger partial charge in [-0.3, -0.25) is 0 Å². The first kappa shape index (κ1) is 36.7. The monoisotopic (exact) mass is 808 g/mol. The Morgan fingerprint density at radius 2 is 0.905 bits per heavy atom. The number of para-hydroxylation sites is 3. The molecular weight excluding hydrogens is 769 g/mol. The van der Waals surface area contributed by atoms with Gasteiger partial charge in [0.1, 0.15) is 11.2 Å². The van der Waals surface area contributed by atoms with E-state index >= 15 is 0 Å². The first-order valence-electron chi connectivity index (χ1n) is 21.4. The Kier molecular flexibility index (Phi) is 8.44. The Balaban J connectivity index is 1.11. The topological polar surface area (TPSA) is 55.1 Å². The molecule has 5 heteroatoms. The zero-order valence-corrected chi connectivity index (χ0v) is 34.8. The van der Waals surface area contributed by atoms with Gasteiger partial charge in [-0.05, 0) is 88.8 Å². The molecule has 0 N–H and O–H groups in total. The Bertz CT molecular complexity index is 3410. The highest BCUT2D eigenvalue weighted by molar-refractivity contribution is 6.20. The third-order valence-corrected chi connectivity index (χ3v) is 12.8. The van der Waals surface area contributed by atoms with Crippen LogP contribution in [0.25, 0.3) is 66.9 Å². The molecule has 0 saturated carbocycles. The van der Waals surface area contributed by atoms with Gasteiger partial charge in [0.25, 0.3) is 0 Å². The van der Waals surface area contributed by atoms with Crippen LogP contribution in [0.4, 0.5) is 17.1 Å². The number of rotatable bonds is 6. The average Bonchev–Trinajstić information content (AvgIpc) is 3.74. The molecule has 11 aromatic rings. The molecule has 3 heterocycles. The Morgan fingerprint density at radius 1 is 0.429 bits per heavy atom. The summed E-state index contributed by atoms with van der Waals surface area (Å²) in [4.78, 5) is 17.6. The van der Waals surface area contributed by atoms with Crippen molar-refractivity contribution in [3.05, 3.63) is 240 Å². The van der Waals surface area contributed by atoms with Crippen LogP contribution in [0.5, 0.6) is 0 Å². The van der Waals surface area contributed by atoms with Crippen LogP contribution < -0.4 is 4.90 Å². The summed E-state index contributed by atoms with van der Waals surface area (Å²) < 4.78 is 7.07. The summed E-state index contributed by atoms with van der Waals surface area (Å²) >= 11 is 0. The molecule has 5 nitrogen and oxygen atoms in total. The van der Waals surface area contributed by atoms with E-state index in [1.54, 1.807) is 0 Å². The number of fused-ring (bicyclic) bond motifs is 7. The van der Waals surface area contributed by atoms with Gasteiger partial charge in [-0.15, -0.1) is 0 Å². The van der Waals surface area contributed by atoms with Crippen molar-refractivity contribution in [2.24, 2.45) is 0 Å². The molecule has 9 aromatic carbocycles. The fourth-order valence-electron chi connectivity index (χ4n) is 10.2. The van der Waals surface area contributed by atoms with E-state index in [0.29, 0.717) is 17.5 Å². The van der Waals surface area contributed by atoms with E-state index in [1.165, 1.54) is 27.5 Å². The first-order valence-corrected chi connectivity index (χ1v) is 21.4. The molecular formula is C58H40N4O. The molecule has 298 valence electrons. The lowest BCUT2D eigenvalue weighted by molar-refractivity contribution is 0.644. The number of anilines is 3. The molecule has 1 aliphatic heterocycles. The molecule has 0 atom stereocenters. The van der Waals surface area contributed by atoms with Gasteiger partial charge in [-0.1, -0.05) is 170 Å². The maximum absolute atomic E-state index is 7.07. The van der Waals surface area contributed by atoms with Crippen molar-refractivity contribution in [2.45, 2.75) is 19.3 Å². The summed E-state index contributed by atoms with van der Waals surface area (Å²) in [6.45, 7) is 4.41. The van der Waals surface area contributed by atoms with Crippen molar-refractivity contribution in [1.82, 2.24) is 15.0 Å². The summed E-state index contributed by atoms with van der Waals surface area (Å²) in [5.41, 5.74) is 14.0. The summed E-state index contributed by atoms with van der Waals surface area (Å²) in [5, 5.41) is 4.60. The third kappa shape index (κ3) is 5.67. The number of aryl methyl sites for hydroxylation is 2. The molecule has 0 fully saturated rings. The van der Waals surface area contributed by atoms with E-state index in [0.717, 1.165) is 72.4 Å². The van der Waals surface area contributed by atoms with E-state index < -0.39 is 5.41 Å². The van der Waals surface area contributed by atoms with Crippen LogP contribution in [0.3, 0.4) is 0 Å². The van der Waals surface area contributed by atoms with Crippen molar-refractivity contribution in [3.63, 3.8) is 0 Å². The normalized spacial score (nSPS) is 13.0. The molecule has 0 radical (unpaired) electrons. The number of nitrogens with zero attached hydrogens (tertiary/aromatic N) is 4. The number of hydrogen-bond acceptors (Lipinski definition) is 5. The minimum Gasteiger partial charge on any atom is -0.456 e. The molecule has 2 aromatic heterocycles. The molecule has 63 heavy (non-hydrogen) atoms. The van der Waals surface area contributed by atoms with Crippen LogP contribution in [-0.4, -0.2) is 15.0 Å². The van der Waals surface area contributed by atoms with E-state index in [9.17, 15) is 0 Å². The minimum absolute atomic E-state index is 0.633. The van der Waals surface area contributed by atoms with Gasteiger partial charge in [0.2, 0.25) is 0 Å². The first-order chi connectivity index (χ1) is 31.1. The lowest BCUT2D eigenvalue weighted by Gasteiger charge is -2.47. The van der Waals surface area contributed by atoms with Crippen molar-refractivity contribution in [2.75, 3.05) is 4.90 Å². The van der Waals surface area contributed by atoms with E-state index in [4.69, 9.17) is 19.4 Å². The molecule has 0 amide bonds. The summed E-state index contributed by atoms with van der Waals surface area (Å²) in [5.74, 6) is 1.92. The second kappa shape index (κ2) is 14.5. The van der Waals surface area contributed by atoms with Gasteiger partial charge in [-0.25, -0.2) is 15.0 Å². The Labute approximate surface area is 365 Å². The SMILES string of the molecule is Cc1cc(-c2nc(-c3ccccc3)nc(-c3ccccc3)n2)cc(C)c1N1c2ccccc2C(c2ccccc2)(c2cc3ccccc3c3c2oc2ccccc23)c2ccccc21. The maximum Gasteiger partial charge on any atom is 0.164 e. The number of furan rings is 1. The van der Waals surface area contributed by atoms with E-state index in [-0.39, 0.29) is 0 Å². The van der Waals surface area contributed by atoms with Gasteiger partial charge in [0.15, 0.2) is 17.5 Å². The number of aromatic nitrogens is 3. The van der Waals surface area contributed by atoms with Gasteiger partial charge < -0.3 is 9.32 Å². The van der Waals surface area contributed by atoms with Crippen LogP contribution in [0.2, 0.25) is 0 Å². The van der Waals surface area contributed by atoms with Gasteiger partial charge in [0.05, 0.1) is 22.5 Å². The largest absolute Gasteiger partial charge is 0.456 e. The smallest absolute Gasteiger partial charge is 0.164 e. The molecule has 0 unspecified atom stereocenters. The average molecular weight is 809 g/mol. The number of benzene rings is 9. The predicted octanol–water partition coefficient (Wildman–Crippen LogP) is 14.7. The van der Waals surface area contributed by atoms with Crippen molar-refractivity contribution in [1.29, 1.82) is 0 Å². The van der Waals surface area contributed by atoms with Crippen molar-refractivity contribution >= 4 is 49.8 Å². The van der Waals surface area contributed by atoms with Gasteiger partial charge in [0, 0.05) is 33.0 Å². The van der Waals surface area contributed by atoms with Crippen LogP contribution in [0.1, 0.15) is 33.4 Å². The van der Waals surface area contributed by atoms with E-state index in [2.05, 4.69) is 164 Å². The minimum atomic E-state index is -0.755. The van der Waals surface area contributed by atoms with Gasteiger partial charge in [-0.2, -0.15) is 0 Å². The second-order valence-electron chi connectivity index (χ2n) is 16.4. The second-order valence-corrected chi connectivity index (χ2v) is 16.4. The summed E-state index contributed by atoms with van der Waals surface area (Å²) in [6.07, 6.45) is 0. The summed E-state index contributed by atoms with van der Waals surface area (Å²) in [7, 11) is 0. The van der Waals surface area contributed by atoms with Gasteiger partial charge >= 0.3 is 0 Å². The lowest BCUT2D eigenvalue weighted by atomic mass is 9.62. The third-order valence-electron chi connectivity index (χ3n) is 12.8. The molecule has 1 aliphatic rings. The molecule has 12 rings (SSSR count). The molecule has 0 aliphatic carbocycles.